The van der Waals surface area contributed by atoms with Crippen LogP contribution >= 0.6 is 0 Å². The first-order chi connectivity index (χ1) is 11.5. The van der Waals surface area contributed by atoms with Crippen molar-refractivity contribution in [1.29, 1.82) is 0 Å². The van der Waals surface area contributed by atoms with Gasteiger partial charge in [-0.2, -0.15) is 0 Å². The third-order valence-corrected chi connectivity index (χ3v) is 3.22. The predicted molar refractivity (Wildman–Crippen MR) is 80.7 cm³/mol. The standard InChI is InChI=1S/C15H13F3N4O2/c16-15(17,18)24-11-3-1-10(2-4-11)12-9-21-14-13(20-6-8-23)19-5-7-22(12)14/h1-5,7,9,23H,6,8H2,(H,19,20). The minimum Gasteiger partial charge on any atom is -0.406 e. The van der Waals surface area contributed by atoms with Gasteiger partial charge in [0.05, 0.1) is 18.5 Å². The SMILES string of the molecule is OCCNc1nccn2c(-c3ccc(OC(F)(F)F)cc3)cnc12. The van der Waals surface area contributed by atoms with E-state index in [1.165, 1.54) is 24.3 Å². The number of imidazole rings is 1. The molecule has 0 saturated heterocycles. The Morgan fingerprint density at radius 2 is 1.92 bits per heavy atom. The van der Waals surface area contributed by atoms with Crippen molar-refractivity contribution in [2.45, 2.75) is 6.36 Å². The molecule has 2 N–H and O–H groups in total. The molecule has 0 aliphatic carbocycles. The lowest BCUT2D eigenvalue weighted by Gasteiger charge is -2.09. The highest BCUT2D eigenvalue weighted by molar-refractivity contribution is 5.70. The normalized spacial score (nSPS) is 11.7. The van der Waals surface area contributed by atoms with Crippen LogP contribution in [-0.2, 0) is 0 Å². The van der Waals surface area contributed by atoms with Crippen molar-refractivity contribution in [3.05, 3.63) is 42.9 Å². The van der Waals surface area contributed by atoms with Gasteiger partial charge in [-0.25, -0.2) is 9.97 Å². The van der Waals surface area contributed by atoms with Crippen LogP contribution in [0.25, 0.3) is 16.9 Å². The predicted octanol–water partition coefficient (Wildman–Crippen LogP) is 2.70. The highest BCUT2D eigenvalue weighted by Crippen LogP contribution is 2.27. The fourth-order valence-corrected chi connectivity index (χ4v) is 2.26. The quantitative estimate of drug-likeness (QED) is 0.748. The summed E-state index contributed by atoms with van der Waals surface area (Å²) in [5, 5.41) is 11.8. The van der Waals surface area contributed by atoms with E-state index >= 15 is 0 Å². The van der Waals surface area contributed by atoms with Crippen LogP contribution in [-0.4, -0.2) is 39.0 Å². The van der Waals surface area contributed by atoms with E-state index in [4.69, 9.17) is 5.11 Å². The lowest BCUT2D eigenvalue weighted by molar-refractivity contribution is -0.274. The van der Waals surface area contributed by atoms with E-state index in [2.05, 4.69) is 20.0 Å². The van der Waals surface area contributed by atoms with Crippen LogP contribution < -0.4 is 10.1 Å². The highest BCUT2D eigenvalue weighted by Gasteiger charge is 2.31. The first kappa shape index (κ1) is 16.1. The Hall–Kier alpha value is -2.81. The van der Waals surface area contributed by atoms with Crippen LogP contribution in [0.4, 0.5) is 19.0 Å². The van der Waals surface area contributed by atoms with Gasteiger partial charge in [-0.15, -0.1) is 13.2 Å². The monoisotopic (exact) mass is 338 g/mol. The molecule has 0 atom stereocenters. The topological polar surface area (TPSA) is 71.7 Å². The third kappa shape index (κ3) is 3.40. The molecule has 6 nitrogen and oxygen atoms in total. The van der Waals surface area contributed by atoms with Crippen molar-refractivity contribution < 1.29 is 23.0 Å². The smallest absolute Gasteiger partial charge is 0.406 e. The second kappa shape index (κ2) is 6.36. The molecule has 1 aromatic carbocycles. The van der Waals surface area contributed by atoms with Crippen LogP contribution in [0.15, 0.2) is 42.9 Å². The van der Waals surface area contributed by atoms with Crippen LogP contribution in [0.1, 0.15) is 0 Å². The number of aliphatic hydroxyl groups excluding tert-OH is 1. The molecule has 0 fully saturated rings. The Kier molecular flexibility index (Phi) is 4.26. The minimum atomic E-state index is -4.72. The lowest BCUT2D eigenvalue weighted by atomic mass is 10.1. The largest absolute Gasteiger partial charge is 0.573 e. The lowest BCUT2D eigenvalue weighted by Crippen LogP contribution is -2.16. The third-order valence-electron chi connectivity index (χ3n) is 3.22. The second-order valence-corrected chi connectivity index (χ2v) is 4.84. The van der Waals surface area contributed by atoms with Gasteiger partial charge in [0.15, 0.2) is 11.5 Å². The van der Waals surface area contributed by atoms with Crippen molar-refractivity contribution in [3.8, 4) is 17.0 Å². The summed E-state index contributed by atoms with van der Waals surface area (Å²) >= 11 is 0. The Balaban J connectivity index is 1.92. The summed E-state index contributed by atoms with van der Waals surface area (Å²) < 4.78 is 42.2. The zero-order valence-electron chi connectivity index (χ0n) is 12.3. The summed E-state index contributed by atoms with van der Waals surface area (Å²) in [4.78, 5) is 8.43. The van der Waals surface area contributed by atoms with Gasteiger partial charge in [0.1, 0.15) is 5.75 Å². The van der Waals surface area contributed by atoms with E-state index in [0.29, 0.717) is 29.3 Å². The van der Waals surface area contributed by atoms with E-state index < -0.39 is 6.36 Å². The van der Waals surface area contributed by atoms with Crippen molar-refractivity contribution in [2.75, 3.05) is 18.5 Å². The summed E-state index contributed by atoms with van der Waals surface area (Å²) in [7, 11) is 0. The summed E-state index contributed by atoms with van der Waals surface area (Å²) in [6.07, 6.45) is 0.144. The molecule has 0 saturated carbocycles. The molecule has 2 aromatic heterocycles. The number of hydrogen-bond donors (Lipinski definition) is 2. The van der Waals surface area contributed by atoms with Gasteiger partial charge < -0.3 is 15.2 Å². The molecule has 0 unspecified atom stereocenters. The Morgan fingerprint density at radius 3 is 2.58 bits per heavy atom. The molecule has 24 heavy (non-hydrogen) atoms. The molecule has 0 bridgehead atoms. The molecule has 0 aliphatic rings. The minimum absolute atomic E-state index is 0.0447. The van der Waals surface area contributed by atoms with Crippen molar-refractivity contribution >= 4 is 11.5 Å². The molecule has 0 aliphatic heterocycles. The maximum Gasteiger partial charge on any atom is 0.573 e. The first-order valence-electron chi connectivity index (χ1n) is 7.01. The number of fused-ring (bicyclic) bond motifs is 1. The van der Waals surface area contributed by atoms with E-state index in [1.807, 2.05) is 0 Å². The molecule has 0 spiro atoms. The summed E-state index contributed by atoms with van der Waals surface area (Å²) in [6, 6.07) is 5.53. The highest BCUT2D eigenvalue weighted by atomic mass is 19.4. The maximum atomic E-state index is 12.2. The number of nitrogens with zero attached hydrogens (tertiary/aromatic N) is 3. The van der Waals surface area contributed by atoms with E-state index in [9.17, 15) is 13.2 Å². The molecule has 0 amide bonds. The summed E-state index contributed by atoms with van der Waals surface area (Å²) in [5.74, 6) is 0.224. The zero-order valence-corrected chi connectivity index (χ0v) is 12.3. The van der Waals surface area contributed by atoms with Crippen LogP contribution in [0.5, 0.6) is 5.75 Å². The van der Waals surface area contributed by atoms with Crippen molar-refractivity contribution in [2.24, 2.45) is 0 Å². The second-order valence-electron chi connectivity index (χ2n) is 4.84. The van der Waals surface area contributed by atoms with Gasteiger partial charge in [0, 0.05) is 24.5 Å². The Labute approximate surface area is 134 Å². The van der Waals surface area contributed by atoms with E-state index in [-0.39, 0.29) is 12.4 Å². The Morgan fingerprint density at radius 1 is 1.17 bits per heavy atom. The number of benzene rings is 1. The zero-order chi connectivity index (χ0) is 17.2. The van der Waals surface area contributed by atoms with E-state index in [0.717, 1.165) is 0 Å². The maximum absolute atomic E-state index is 12.2. The number of hydrogen-bond acceptors (Lipinski definition) is 5. The molecule has 9 heteroatoms. The molecule has 0 radical (unpaired) electrons. The number of aliphatic hydroxyl groups is 1. The number of alkyl halides is 3. The van der Waals surface area contributed by atoms with Gasteiger partial charge in [-0.3, -0.25) is 4.40 Å². The molecule has 2 heterocycles. The Bertz CT molecular complexity index is 831. The van der Waals surface area contributed by atoms with Gasteiger partial charge in [0.25, 0.3) is 0 Å². The number of aromatic nitrogens is 3. The van der Waals surface area contributed by atoms with Gasteiger partial charge in [0.2, 0.25) is 0 Å². The van der Waals surface area contributed by atoms with Crippen LogP contribution in [0, 0.1) is 0 Å². The first-order valence-corrected chi connectivity index (χ1v) is 7.01. The van der Waals surface area contributed by atoms with Crippen molar-refractivity contribution in [3.63, 3.8) is 0 Å². The van der Waals surface area contributed by atoms with Gasteiger partial charge >= 0.3 is 6.36 Å². The average Bonchev–Trinajstić information content (AvgIpc) is 2.97. The fourth-order valence-electron chi connectivity index (χ4n) is 2.26. The van der Waals surface area contributed by atoms with Crippen LogP contribution in [0.2, 0.25) is 0 Å². The molecule has 3 aromatic rings. The summed E-state index contributed by atoms with van der Waals surface area (Å²) in [5.41, 5.74) is 1.92. The van der Waals surface area contributed by atoms with Gasteiger partial charge in [-0.05, 0) is 24.3 Å². The molecule has 126 valence electrons. The fraction of sp³-hybridized carbons (Fsp3) is 0.200. The number of ether oxygens (including phenoxy) is 1. The average molecular weight is 338 g/mol. The van der Waals surface area contributed by atoms with Crippen LogP contribution in [0.3, 0.4) is 0 Å². The number of anilines is 1. The number of rotatable bonds is 5. The van der Waals surface area contributed by atoms with Gasteiger partial charge in [-0.1, -0.05) is 0 Å². The number of nitrogens with one attached hydrogen (secondary N) is 1. The molecular weight excluding hydrogens is 325 g/mol. The molecule has 3 rings (SSSR count). The summed E-state index contributed by atoms with van der Waals surface area (Å²) in [6.45, 7) is 0.287. The molecular formula is C15H13F3N4O2. The number of halogens is 3. The van der Waals surface area contributed by atoms with E-state index in [1.54, 1.807) is 23.0 Å². The van der Waals surface area contributed by atoms with Crippen molar-refractivity contribution in [1.82, 2.24) is 14.4 Å².